The van der Waals surface area contributed by atoms with Crippen molar-refractivity contribution in [2.45, 2.75) is 33.3 Å². The van der Waals surface area contributed by atoms with E-state index in [1.54, 1.807) is 11.8 Å². The molecule has 4 heteroatoms. The van der Waals surface area contributed by atoms with Gasteiger partial charge in [0.2, 0.25) is 5.88 Å². The number of hydrogen-bond acceptors (Lipinski definition) is 3. The number of aromatic nitrogens is 2. The van der Waals surface area contributed by atoms with Crippen molar-refractivity contribution in [1.82, 2.24) is 9.78 Å². The van der Waals surface area contributed by atoms with Crippen molar-refractivity contribution in [3.05, 3.63) is 41.1 Å². The Kier molecular flexibility index (Phi) is 3.90. The van der Waals surface area contributed by atoms with Gasteiger partial charge in [-0.1, -0.05) is 32.0 Å². The molecule has 2 rings (SSSR count). The number of ether oxygens (including phenoxy) is 1. The molecule has 0 radical (unpaired) electrons. The molecule has 0 amide bonds. The molecule has 0 aliphatic heterocycles. The van der Waals surface area contributed by atoms with Crippen LogP contribution in [-0.2, 0) is 6.61 Å². The summed E-state index contributed by atoms with van der Waals surface area (Å²) in [5, 5.41) is 14.2. The van der Waals surface area contributed by atoms with Crippen molar-refractivity contribution in [1.29, 1.82) is 0 Å². The Morgan fingerprint density at radius 1 is 1.32 bits per heavy atom. The van der Waals surface area contributed by atoms with Crippen LogP contribution >= 0.6 is 0 Å². The number of aliphatic hydroxyl groups is 1. The maximum absolute atomic E-state index is 9.58. The number of benzene rings is 1. The third-order valence-electron chi connectivity index (χ3n) is 3.21. The largest absolute Gasteiger partial charge is 0.481 e. The number of methoxy groups -OCH3 is 1. The molecule has 0 spiro atoms. The van der Waals surface area contributed by atoms with E-state index >= 15 is 0 Å². The second-order valence-electron chi connectivity index (χ2n) is 4.88. The van der Waals surface area contributed by atoms with Crippen LogP contribution < -0.4 is 4.74 Å². The lowest BCUT2D eigenvalue weighted by atomic mass is 10.1. The highest BCUT2D eigenvalue weighted by molar-refractivity contribution is 5.46. The van der Waals surface area contributed by atoms with Gasteiger partial charge in [0, 0.05) is 0 Å². The minimum atomic E-state index is -0.0669. The molecule has 0 aliphatic rings. The van der Waals surface area contributed by atoms with E-state index in [0.717, 1.165) is 22.5 Å². The zero-order valence-electron chi connectivity index (χ0n) is 11.8. The van der Waals surface area contributed by atoms with Gasteiger partial charge in [0.1, 0.15) is 0 Å². The van der Waals surface area contributed by atoms with Gasteiger partial charge in [0.05, 0.1) is 30.7 Å². The van der Waals surface area contributed by atoms with Gasteiger partial charge in [-0.3, -0.25) is 0 Å². The summed E-state index contributed by atoms with van der Waals surface area (Å²) < 4.78 is 7.22. The maximum atomic E-state index is 9.58. The highest BCUT2D eigenvalue weighted by atomic mass is 16.5. The van der Waals surface area contributed by atoms with Gasteiger partial charge in [-0.15, -0.1) is 0 Å². The fourth-order valence-corrected chi connectivity index (χ4v) is 2.24. The van der Waals surface area contributed by atoms with E-state index in [1.807, 2.05) is 31.2 Å². The van der Waals surface area contributed by atoms with E-state index in [2.05, 4.69) is 18.9 Å². The summed E-state index contributed by atoms with van der Waals surface area (Å²) in [4.78, 5) is 0. The van der Waals surface area contributed by atoms with Crippen molar-refractivity contribution < 1.29 is 9.84 Å². The van der Waals surface area contributed by atoms with E-state index in [1.165, 1.54) is 0 Å². The van der Waals surface area contributed by atoms with Crippen LogP contribution in [0.25, 0.3) is 5.69 Å². The molecular formula is C15H20N2O2. The van der Waals surface area contributed by atoms with Crippen LogP contribution in [0.2, 0.25) is 0 Å². The first-order valence-electron chi connectivity index (χ1n) is 6.42. The van der Waals surface area contributed by atoms with E-state index < -0.39 is 0 Å². The molecule has 0 bridgehead atoms. The van der Waals surface area contributed by atoms with E-state index in [9.17, 15) is 5.11 Å². The van der Waals surface area contributed by atoms with Crippen LogP contribution in [0.15, 0.2) is 24.3 Å². The molecule has 19 heavy (non-hydrogen) atoms. The maximum Gasteiger partial charge on any atom is 0.222 e. The molecule has 0 unspecified atom stereocenters. The fraction of sp³-hybridized carbons (Fsp3) is 0.400. The molecular weight excluding hydrogens is 240 g/mol. The third kappa shape index (κ3) is 2.36. The Morgan fingerprint density at radius 3 is 2.53 bits per heavy atom. The summed E-state index contributed by atoms with van der Waals surface area (Å²) >= 11 is 0. The van der Waals surface area contributed by atoms with Gasteiger partial charge in [0.25, 0.3) is 0 Å². The lowest BCUT2D eigenvalue weighted by molar-refractivity contribution is 0.270. The summed E-state index contributed by atoms with van der Waals surface area (Å²) in [5.74, 6) is 0.849. The monoisotopic (exact) mass is 260 g/mol. The summed E-state index contributed by atoms with van der Waals surface area (Å²) in [6.07, 6.45) is 0. The molecule has 0 saturated heterocycles. The minimum Gasteiger partial charge on any atom is -0.481 e. The molecule has 0 saturated carbocycles. The van der Waals surface area contributed by atoms with Gasteiger partial charge >= 0.3 is 0 Å². The number of aryl methyl sites for hydroxylation is 1. The Balaban J connectivity index is 2.67. The summed E-state index contributed by atoms with van der Waals surface area (Å²) in [7, 11) is 1.61. The third-order valence-corrected chi connectivity index (χ3v) is 3.21. The molecule has 1 heterocycles. The number of hydrogen-bond donors (Lipinski definition) is 1. The lowest BCUT2D eigenvalue weighted by Gasteiger charge is -2.09. The molecule has 1 N–H and O–H groups in total. The second kappa shape index (κ2) is 5.45. The fourth-order valence-electron chi connectivity index (χ4n) is 2.24. The summed E-state index contributed by atoms with van der Waals surface area (Å²) in [5.41, 5.74) is 3.73. The zero-order valence-corrected chi connectivity index (χ0v) is 11.8. The van der Waals surface area contributed by atoms with Crippen LogP contribution in [0.3, 0.4) is 0 Å². The van der Waals surface area contributed by atoms with Gasteiger partial charge in [-0.05, 0) is 24.5 Å². The average molecular weight is 260 g/mol. The van der Waals surface area contributed by atoms with E-state index in [-0.39, 0.29) is 12.5 Å². The lowest BCUT2D eigenvalue weighted by Crippen LogP contribution is -2.02. The number of nitrogens with zero attached hydrogens (tertiary/aromatic N) is 2. The molecule has 0 fully saturated rings. The average Bonchev–Trinajstić information content (AvgIpc) is 2.77. The Hall–Kier alpha value is -1.81. The van der Waals surface area contributed by atoms with Crippen LogP contribution in [0, 0.1) is 6.92 Å². The Morgan fingerprint density at radius 2 is 2.00 bits per heavy atom. The number of aliphatic hydroxyl groups excluding tert-OH is 1. The molecule has 0 aliphatic carbocycles. The van der Waals surface area contributed by atoms with Crippen LogP contribution in [0.5, 0.6) is 5.88 Å². The predicted octanol–water partition coefficient (Wildman–Crippen LogP) is 2.81. The Labute approximate surface area is 113 Å². The SMILES string of the molecule is COc1c(CO)c(C(C)C)nn1-c1ccccc1C. The van der Waals surface area contributed by atoms with Crippen LogP contribution in [-0.4, -0.2) is 22.0 Å². The zero-order chi connectivity index (χ0) is 14.0. The van der Waals surface area contributed by atoms with Crippen molar-refractivity contribution in [3.8, 4) is 11.6 Å². The smallest absolute Gasteiger partial charge is 0.222 e. The molecule has 4 nitrogen and oxygen atoms in total. The van der Waals surface area contributed by atoms with E-state index in [0.29, 0.717) is 5.88 Å². The van der Waals surface area contributed by atoms with E-state index in [4.69, 9.17) is 4.74 Å². The van der Waals surface area contributed by atoms with Gasteiger partial charge in [0.15, 0.2) is 0 Å². The normalized spacial score (nSPS) is 11.1. The molecule has 2 aromatic rings. The van der Waals surface area contributed by atoms with Gasteiger partial charge < -0.3 is 9.84 Å². The van der Waals surface area contributed by atoms with Crippen LogP contribution in [0.4, 0.5) is 0 Å². The van der Waals surface area contributed by atoms with Crippen LogP contribution in [0.1, 0.15) is 36.6 Å². The van der Waals surface area contributed by atoms with Crippen molar-refractivity contribution in [3.63, 3.8) is 0 Å². The van der Waals surface area contributed by atoms with Crippen molar-refractivity contribution >= 4 is 0 Å². The standard InChI is InChI=1S/C15H20N2O2/c1-10(2)14-12(9-18)15(19-4)17(16-14)13-8-6-5-7-11(13)3/h5-8,10,18H,9H2,1-4H3. The summed E-state index contributed by atoms with van der Waals surface area (Å²) in [6, 6.07) is 7.99. The highest BCUT2D eigenvalue weighted by Gasteiger charge is 2.21. The Bertz CT molecular complexity index is 574. The molecule has 0 atom stereocenters. The molecule has 102 valence electrons. The number of para-hydroxylation sites is 1. The minimum absolute atomic E-state index is 0.0669. The van der Waals surface area contributed by atoms with Gasteiger partial charge in [-0.2, -0.15) is 5.10 Å². The van der Waals surface area contributed by atoms with Crippen molar-refractivity contribution in [2.75, 3.05) is 7.11 Å². The quantitative estimate of drug-likeness (QED) is 0.919. The summed E-state index contributed by atoms with van der Waals surface area (Å²) in [6.45, 7) is 6.08. The molecule has 1 aromatic carbocycles. The topological polar surface area (TPSA) is 47.3 Å². The molecule has 1 aromatic heterocycles. The van der Waals surface area contributed by atoms with Gasteiger partial charge in [-0.25, -0.2) is 4.68 Å². The number of rotatable bonds is 4. The first-order chi connectivity index (χ1) is 9.10. The van der Waals surface area contributed by atoms with Crippen molar-refractivity contribution in [2.24, 2.45) is 0 Å². The predicted molar refractivity (Wildman–Crippen MR) is 74.9 cm³/mol. The highest BCUT2D eigenvalue weighted by Crippen LogP contribution is 2.31. The first-order valence-corrected chi connectivity index (χ1v) is 6.42. The first kappa shape index (κ1) is 13.6. The second-order valence-corrected chi connectivity index (χ2v) is 4.88.